The zero-order valence-electron chi connectivity index (χ0n) is 11.1. The van der Waals surface area contributed by atoms with E-state index in [0.717, 1.165) is 11.8 Å². The number of aromatic carboxylic acids is 1. The minimum absolute atomic E-state index is 0.0591. The van der Waals surface area contributed by atoms with Crippen LogP contribution in [0.2, 0.25) is 0 Å². The van der Waals surface area contributed by atoms with Crippen molar-refractivity contribution < 1.29 is 22.7 Å². The topological polar surface area (TPSA) is 84.6 Å². The largest absolute Gasteiger partial charge is 0.478 e. The number of hydrogen-bond donors (Lipinski definition) is 1. The van der Waals surface area contributed by atoms with E-state index in [0.29, 0.717) is 5.56 Å². The van der Waals surface area contributed by atoms with Gasteiger partial charge in [0.25, 0.3) is 0 Å². The molecule has 0 saturated heterocycles. The number of benzene rings is 1. The highest BCUT2D eigenvalue weighted by atomic mass is 32.2. The average molecular weight is 294 g/mol. The third-order valence-electron chi connectivity index (χ3n) is 2.91. The molecule has 0 amide bonds. The molecular formula is C14H14O5S. The number of furan rings is 1. The molecule has 1 aromatic heterocycles. The SMILES string of the molecule is Cc1ccc(C)c(S(=O)(=O)Cc2cc(C(=O)O)co2)c1. The van der Waals surface area contributed by atoms with Crippen LogP contribution in [0.3, 0.4) is 0 Å². The van der Waals surface area contributed by atoms with Gasteiger partial charge < -0.3 is 9.52 Å². The number of carboxylic acids is 1. The molecule has 2 aromatic rings. The summed E-state index contributed by atoms with van der Waals surface area (Å²) in [5, 5.41) is 8.78. The quantitative estimate of drug-likeness (QED) is 0.936. The summed E-state index contributed by atoms with van der Waals surface area (Å²) >= 11 is 0. The van der Waals surface area contributed by atoms with Gasteiger partial charge >= 0.3 is 5.97 Å². The fourth-order valence-corrected chi connectivity index (χ4v) is 3.48. The van der Waals surface area contributed by atoms with Gasteiger partial charge in [-0.15, -0.1) is 0 Å². The van der Waals surface area contributed by atoms with Crippen molar-refractivity contribution in [1.82, 2.24) is 0 Å². The maximum atomic E-state index is 12.3. The molecule has 0 aliphatic heterocycles. The Morgan fingerprint density at radius 2 is 1.95 bits per heavy atom. The highest BCUT2D eigenvalue weighted by Crippen LogP contribution is 2.22. The fraction of sp³-hybridized carbons (Fsp3) is 0.214. The lowest BCUT2D eigenvalue weighted by atomic mass is 10.2. The fourth-order valence-electron chi connectivity index (χ4n) is 1.88. The normalized spacial score (nSPS) is 11.5. The van der Waals surface area contributed by atoms with Crippen molar-refractivity contribution in [2.75, 3.05) is 0 Å². The Hall–Kier alpha value is -2.08. The van der Waals surface area contributed by atoms with E-state index in [1.54, 1.807) is 19.1 Å². The van der Waals surface area contributed by atoms with Gasteiger partial charge in [0, 0.05) is 0 Å². The molecule has 1 heterocycles. The van der Waals surface area contributed by atoms with Crippen molar-refractivity contribution in [3.63, 3.8) is 0 Å². The van der Waals surface area contributed by atoms with Crippen molar-refractivity contribution in [3.05, 3.63) is 53.0 Å². The molecule has 0 fully saturated rings. The monoisotopic (exact) mass is 294 g/mol. The van der Waals surface area contributed by atoms with Crippen LogP contribution in [0.5, 0.6) is 0 Å². The molecule has 0 bridgehead atoms. The summed E-state index contributed by atoms with van der Waals surface area (Å²) in [5.41, 5.74) is 1.44. The molecule has 6 heteroatoms. The van der Waals surface area contributed by atoms with Gasteiger partial charge in [-0.1, -0.05) is 12.1 Å². The Morgan fingerprint density at radius 3 is 2.55 bits per heavy atom. The van der Waals surface area contributed by atoms with Gasteiger partial charge in [-0.25, -0.2) is 13.2 Å². The van der Waals surface area contributed by atoms with E-state index in [-0.39, 0.29) is 22.0 Å². The molecule has 0 unspecified atom stereocenters. The smallest absolute Gasteiger partial charge is 0.338 e. The van der Waals surface area contributed by atoms with E-state index in [1.807, 2.05) is 13.0 Å². The van der Waals surface area contributed by atoms with Gasteiger partial charge in [-0.3, -0.25) is 0 Å². The first-order chi connectivity index (χ1) is 9.29. The third-order valence-corrected chi connectivity index (χ3v) is 4.69. The summed E-state index contributed by atoms with van der Waals surface area (Å²) in [6.45, 7) is 3.53. The molecule has 106 valence electrons. The Morgan fingerprint density at radius 1 is 1.25 bits per heavy atom. The molecule has 0 atom stereocenters. The summed E-state index contributed by atoms with van der Waals surface area (Å²) in [7, 11) is -3.57. The van der Waals surface area contributed by atoms with Crippen LogP contribution in [0.25, 0.3) is 0 Å². The predicted octanol–water partition coefficient (Wildman–Crippen LogP) is 2.57. The van der Waals surface area contributed by atoms with Crippen LogP contribution in [-0.4, -0.2) is 19.5 Å². The maximum absolute atomic E-state index is 12.3. The second kappa shape index (κ2) is 5.13. The van der Waals surface area contributed by atoms with E-state index in [4.69, 9.17) is 9.52 Å². The van der Waals surface area contributed by atoms with Crippen LogP contribution in [0.1, 0.15) is 27.2 Å². The van der Waals surface area contributed by atoms with E-state index in [2.05, 4.69) is 0 Å². The Kier molecular flexibility index (Phi) is 3.67. The van der Waals surface area contributed by atoms with E-state index in [9.17, 15) is 13.2 Å². The lowest BCUT2D eigenvalue weighted by molar-refractivity contribution is 0.0696. The molecule has 0 aliphatic carbocycles. The van der Waals surface area contributed by atoms with E-state index in [1.165, 1.54) is 6.07 Å². The van der Waals surface area contributed by atoms with Crippen LogP contribution in [-0.2, 0) is 15.6 Å². The highest BCUT2D eigenvalue weighted by molar-refractivity contribution is 7.90. The molecule has 0 saturated carbocycles. The third kappa shape index (κ3) is 2.91. The number of aryl methyl sites for hydroxylation is 2. The maximum Gasteiger partial charge on any atom is 0.338 e. The minimum atomic E-state index is -3.57. The van der Waals surface area contributed by atoms with Gasteiger partial charge in [0.15, 0.2) is 9.84 Å². The molecule has 20 heavy (non-hydrogen) atoms. The van der Waals surface area contributed by atoms with Crippen LogP contribution in [0.15, 0.2) is 39.8 Å². The van der Waals surface area contributed by atoms with Crippen LogP contribution in [0, 0.1) is 13.8 Å². The minimum Gasteiger partial charge on any atom is -0.478 e. The first-order valence-corrected chi connectivity index (χ1v) is 7.55. The van der Waals surface area contributed by atoms with Crippen molar-refractivity contribution >= 4 is 15.8 Å². The number of carboxylic acid groups (broad SMARTS) is 1. The zero-order valence-corrected chi connectivity index (χ0v) is 11.9. The molecule has 1 N–H and O–H groups in total. The van der Waals surface area contributed by atoms with Crippen LogP contribution >= 0.6 is 0 Å². The summed E-state index contributed by atoms with van der Waals surface area (Å²) in [6, 6.07) is 6.41. The summed E-state index contributed by atoms with van der Waals surface area (Å²) < 4.78 is 29.7. The molecular weight excluding hydrogens is 280 g/mol. The number of hydrogen-bond acceptors (Lipinski definition) is 4. The summed E-state index contributed by atoms with van der Waals surface area (Å²) in [6.07, 6.45) is 1.04. The first kappa shape index (κ1) is 14.3. The van der Waals surface area contributed by atoms with Crippen molar-refractivity contribution in [2.24, 2.45) is 0 Å². The van der Waals surface area contributed by atoms with Gasteiger partial charge in [0.1, 0.15) is 17.8 Å². The standard InChI is InChI=1S/C14H14O5S/c1-9-3-4-10(2)13(5-9)20(17,18)8-12-6-11(7-19-12)14(15)16/h3-7H,8H2,1-2H3,(H,15,16). The molecule has 0 spiro atoms. The van der Waals surface area contributed by atoms with Crippen LogP contribution < -0.4 is 0 Å². The average Bonchev–Trinajstić information content (AvgIpc) is 2.80. The number of rotatable bonds is 4. The van der Waals surface area contributed by atoms with E-state index >= 15 is 0 Å². The second-order valence-corrected chi connectivity index (χ2v) is 6.59. The predicted molar refractivity (Wildman–Crippen MR) is 72.5 cm³/mol. The first-order valence-electron chi connectivity index (χ1n) is 5.90. The number of sulfone groups is 1. The summed E-state index contributed by atoms with van der Waals surface area (Å²) in [4.78, 5) is 11.0. The van der Waals surface area contributed by atoms with Gasteiger partial charge in [-0.2, -0.15) is 0 Å². The van der Waals surface area contributed by atoms with Crippen LogP contribution in [0.4, 0.5) is 0 Å². The van der Waals surface area contributed by atoms with Crippen molar-refractivity contribution in [1.29, 1.82) is 0 Å². The second-order valence-electron chi connectivity index (χ2n) is 4.63. The molecule has 0 radical (unpaired) electrons. The van der Waals surface area contributed by atoms with Gasteiger partial charge in [-0.05, 0) is 37.1 Å². The Bertz CT molecular complexity index is 756. The Balaban J connectivity index is 2.35. The lowest BCUT2D eigenvalue weighted by Gasteiger charge is -2.07. The Labute approximate surface area is 116 Å². The molecule has 5 nitrogen and oxygen atoms in total. The van der Waals surface area contributed by atoms with Gasteiger partial charge in [0.2, 0.25) is 0 Å². The summed E-state index contributed by atoms with van der Waals surface area (Å²) in [5.74, 6) is -1.39. The zero-order chi connectivity index (χ0) is 14.9. The highest BCUT2D eigenvalue weighted by Gasteiger charge is 2.21. The molecule has 0 aliphatic rings. The van der Waals surface area contributed by atoms with Crippen molar-refractivity contribution in [2.45, 2.75) is 24.5 Å². The molecule has 2 rings (SSSR count). The van der Waals surface area contributed by atoms with Gasteiger partial charge in [0.05, 0.1) is 10.5 Å². The molecule has 1 aromatic carbocycles. The van der Waals surface area contributed by atoms with Crippen molar-refractivity contribution in [3.8, 4) is 0 Å². The number of carbonyl (C=O) groups is 1. The van der Waals surface area contributed by atoms with E-state index < -0.39 is 15.8 Å². The lowest BCUT2D eigenvalue weighted by Crippen LogP contribution is -2.06.